The molecule has 2 aliphatic rings. The van der Waals surface area contributed by atoms with E-state index in [0.717, 1.165) is 16.2 Å². The molecule has 21 heavy (non-hydrogen) atoms. The molecule has 2 fully saturated rings. The van der Waals surface area contributed by atoms with Crippen molar-refractivity contribution in [3.05, 3.63) is 0 Å². The maximum Gasteiger partial charge on any atom is 0.233 e. The first kappa shape index (κ1) is 15.1. The van der Waals surface area contributed by atoms with E-state index in [9.17, 15) is 4.79 Å². The number of fused-ring (bicyclic) bond motifs is 2. The fourth-order valence-corrected chi connectivity index (χ4v) is 5.62. The molecule has 2 bridgehead atoms. The fraction of sp³-hybridized carbons (Fsp3) is 0.786. The summed E-state index contributed by atoms with van der Waals surface area (Å²) < 4.78 is 0.753. The van der Waals surface area contributed by atoms with Crippen molar-refractivity contribution in [2.75, 3.05) is 5.73 Å². The van der Waals surface area contributed by atoms with Gasteiger partial charge in [-0.1, -0.05) is 29.5 Å². The standard InChI is InChI=1S/C14H22N4OS2/c1-7(11-6-9-3-4-10(11)5-9)16-12(19)8(2)20-14-18-17-13(15)21-14/h7-11H,3-6H2,1-2H3,(H2,15,17)(H,16,19)/t7-,8+,9+,10+,11-/m1/s1. The van der Waals surface area contributed by atoms with Crippen LogP contribution < -0.4 is 11.1 Å². The first-order valence-electron chi connectivity index (χ1n) is 7.59. The number of amides is 1. The molecule has 3 rings (SSSR count). The highest BCUT2D eigenvalue weighted by Gasteiger charge is 2.42. The first-order chi connectivity index (χ1) is 10.0. The molecule has 0 aromatic carbocycles. The Morgan fingerprint density at radius 1 is 1.38 bits per heavy atom. The van der Waals surface area contributed by atoms with Crippen molar-refractivity contribution in [3.63, 3.8) is 0 Å². The van der Waals surface area contributed by atoms with Crippen LogP contribution in [-0.4, -0.2) is 27.4 Å². The van der Waals surface area contributed by atoms with Gasteiger partial charge in [0.15, 0.2) is 4.34 Å². The van der Waals surface area contributed by atoms with Crippen molar-refractivity contribution in [2.45, 2.75) is 55.2 Å². The summed E-state index contributed by atoms with van der Waals surface area (Å²) in [5.74, 6) is 2.50. The van der Waals surface area contributed by atoms with Crippen LogP contribution in [0.2, 0.25) is 0 Å². The van der Waals surface area contributed by atoms with Gasteiger partial charge in [-0.3, -0.25) is 4.79 Å². The number of nitrogens with one attached hydrogen (secondary N) is 1. The lowest BCUT2D eigenvalue weighted by Crippen LogP contribution is -2.43. The molecule has 7 heteroatoms. The lowest BCUT2D eigenvalue weighted by atomic mass is 9.84. The number of carbonyl (C=O) groups is 1. The van der Waals surface area contributed by atoms with E-state index in [0.29, 0.717) is 11.0 Å². The minimum Gasteiger partial charge on any atom is -0.374 e. The Bertz CT molecular complexity index is 521. The van der Waals surface area contributed by atoms with Gasteiger partial charge in [-0.25, -0.2) is 0 Å². The SMILES string of the molecule is C[C@H](Sc1nnc(N)s1)C(=O)N[C@H](C)[C@H]1C[C@H]2CC[C@H]1C2. The monoisotopic (exact) mass is 326 g/mol. The zero-order valence-corrected chi connectivity index (χ0v) is 14.0. The highest BCUT2D eigenvalue weighted by Crippen LogP contribution is 2.49. The summed E-state index contributed by atoms with van der Waals surface area (Å²) in [5.41, 5.74) is 5.56. The van der Waals surface area contributed by atoms with Gasteiger partial charge in [-0.15, -0.1) is 10.2 Å². The molecule has 1 heterocycles. The van der Waals surface area contributed by atoms with Crippen molar-refractivity contribution in [1.29, 1.82) is 0 Å². The number of hydrogen-bond donors (Lipinski definition) is 2. The Morgan fingerprint density at radius 3 is 2.76 bits per heavy atom. The Kier molecular flexibility index (Phi) is 4.40. The topological polar surface area (TPSA) is 80.9 Å². The number of aromatic nitrogens is 2. The van der Waals surface area contributed by atoms with E-state index in [2.05, 4.69) is 22.4 Å². The fourth-order valence-electron chi connectivity index (χ4n) is 3.83. The van der Waals surface area contributed by atoms with Gasteiger partial charge in [-0.2, -0.15) is 0 Å². The number of anilines is 1. The number of nitrogens with zero attached hydrogens (tertiary/aromatic N) is 2. The van der Waals surface area contributed by atoms with E-state index in [1.165, 1.54) is 48.8 Å². The Balaban J connectivity index is 1.51. The second kappa shape index (κ2) is 6.12. The maximum absolute atomic E-state index is 12.3. The second-order valence-electron chi connectivity index (χ2n) is 6.30. The van der Waals surface area contributed by atoms with Crippen LogP contribution in [0, 0.1) is 17.8 Å². The van der Waals surface area contributed by atoms with E-state index >= 15 is 0 Å². The predicted molar refractivity (Wildman–Crippen MR) is 86.2 cm³/mol. The van der Waals surface area contributed by atoms with Crippen molar-refractivity contribution < 1.29 is 4.79 Å². The molecule has 0 aliphatic heterocycles. The van der Waals surface area contributed by atoms with Crippen LogP contribution >= 0.6 is 23.1 Å². The van der Waals surface area contributed by atoms with E-state index in [-0.39, 0.29) is 17.2 Å². The van der Waals surface area contributed by atoms with Crippen LogP contribution in [0.1, 0.15) is 39.5 Å². The highest BCUT2D eigenvalue weighted by molar-refractivity contribution is 8.02. The Labute approximate surface area is 133 Å². The molecule has 5 atom stereocenters. The van der Waals surface area contributed by atoms with E-state index < -0.39 is 0 Å². The summed E-state index contributed by atoms with van der Waals surface area (Å²) in [7, 11) is 0. The maximum atomic E-state index is 12.3. The minimum absolute atomic E-state index is 0.0871. The molecular weight excluding hydrogens is 304 g/mol. The first-order valence-corrected chi connectivity index (χ1v) is 9.28. The number of carbonyl (C=O) groups excluding carboxylic acids is 1. The molecule has 0 saturated heterocycles. The predicted octanol–water partition coefficient (Wildman–Crippen LogP) is 2.54. The normalized spacial score (nSPS) is 30.3. The van der Waals surface area contributed by atoms with Crippen LogP contribution in [0.15, 0.2) is 4.34 Å². The average Bonchev–Trinajstić information content (AvgIpc) is 3.15. The van der Waals surface area contributed by atoms with E-state index in [1.807, 2.05) is 6.92 Å². The molecule has 1 aromatic rings. The van der Waals surface area contributed by atoms with Gasteiger partial charge in [-0.05, 0) is 50.9 Å². The molecule has 2 saturated carbocycles. The van der Waals surface area contributed by atoms with E-state index in [1.54, 1.807) is 0 Å². The van der Waals surface area contributed by atoms with Gasteiger partial charge >= 0.3 is 0 Å². The van der Waals surface area contributed by atoms with Gasteiger partial charge in [0.2, 0.25) is 11.0 Å². The molecule has 0 radical (unpaired) electrons. The number of rotatable bonds is 5. The van der Waals surface area contributed by atoms with Crippen molar-refractivity contribution in [2.24, 2.45) is 17.8 Å². The third-order valence-corrected chi connectivity index (χ3v) is 6.81. The molecular formula is C14H22N4OS2. The van der Waals surface area contributed by atoms with Crippen LogP contribution in [0.4, 0.5) is 5.13 Å². The molecule has 1 amide bonds. The molecule has 3 N–H and O–H groups in total. The van der Waals surface area contributed by atoms with Gasteiger partial charge < -0.3 is 11.1 Å². The molecule has 0 unspecified atom stereocenters. The summed E-state index contributed by atoms with van der Waals surface area (Å²) in [5, 5.41) is 11.2. The third-order valence-electron chi connectivity index (χ3n) is 4.87. The summed E-state index contributed by atoms with van der Waals surface area (Å²) in [6, 6.07) is 0.273. The number of hydrogen-bond acceptors (Lipinski definition) is 6. The van der Waals surface area contributed by atoms with Gasteiger partial charge in [0.1, 0.15) is 0 Å². The van der Waals surface area contributed by atoms with Crippen LogP contribution in [0.25, 0.3) is 0 Å². The zero-order valence-electron chi connectivity index (χ0n) is 12.4. The average molecular weight is 326 g/mol. The zero-order chi connectivity index (χ0) is 15.0. The molecule has 116 valence electrons. The molecule has 1 aromatic heterocycles. The minimum atomic E-state index is -0.168. The van der Waals surface area contributed by atoms with Crippen molar-refractivity contribution >= 4 is 34.1 Å². The van der Waals surface area contributed by atoms with Crippen LogP contribution in [0.3, 0.4) is 0 Å². The Hall–Kier alpha value is -0.820. The summed E-state index contributed by atoms with van der Waals surface area (Å²) in [6.07, 6.45) is 5.41. The lowest BCUT2D eigenvalue weighted by molar-refractivity contribution is -0.121. The molecule has 0 spiro atoms. The molecule has 2 aliphatic carbocycles. The van der Waals surface area contributed by atoms with Crippen LogP contribution in [0.5, 0.6) is 0 Å². The number of thioether (sulfide) groups is 1. The number of nitrogen functional groups attached to an aromatic ring is 1. The van der Waals surface area contributed by atoms with Gasteiger partial charge in [0, 0.05) is 6.04 Å². The smallest absolute Gasteiger partial charge is 0.233 e. The lowest BCUT2D eigenvalue weighted by Gasteiger charge is -2.29. The summed E-state index contributed by atoms with van der Waals surface area (Å²) in [4.78, 5) is 12.3. The Morgan fingerprint density at radius 2 is 2.19 bits per heavy atom. The third kappa shape index (κ3) is 3.34. The largest absolute Gasteiger partial charge is 0.374 e. The second-order valence-corrected chi connectivity index (χ2v) is 8.90. The van der Waals surface area contributed by atoms with E-state index in [4.69, 9.17) is 5.73 Å². The molecule has 5 nitrogen and oxygen atoms in total. The van der Waals surface area contributed by atoms with Gasteiger partial charge in [0.05, 0.1) is 5.25 Å². The van der Waals surface area contributed by atoms with Crippen LogP contribution in [-0.2, 0) is 4.79 Å². The highest BCUT2D eigenvalue weighted by atomic mass is 32.2. The van der Waals surface area contributed by atoms with Crippen molar-refractivity contribution in [3.8, 4) is 0 Å². The summed E-state index contributed by atoms with van der Waals surface area (Å²) >= 11 is 2.75. The number of nitrogens with two attached hydrogens (primary N) is 1. The summed E-state index contributed by atoms with van der Waals surface area (Å²) in [6.45, 7) is 4.06. The van der Waals surface area contributed by atoms with Crippen molar-refractivity contribution in [1.82, 2.24) is 15.5 Å². The quantitative estimate of drug-likeness (QED) is 0.813. The van der Waals surface area contributed by atoms with Gasteiger partial charge in [0.25, 0.3) is 0 Å².